The number of amides is 3. The molecule has 0 spiro atoms. The van der Waals surface area contributed by atoms with Crippen LogP contribution in [0.15, 0.2) is 48.5 Å². The van der Waals surface area contributed by atoms with Crippen LogP contribution >= 0.6 is 11.6 Å². The first-order valence-corrected chi connectivity index (χ1v) is 12.1. The van der Waals surface area contributed by atoms with Gasteiger partial charge in [0.05, 0.1) is 0 Å². The molecule has 33 heavy (non-hydrogen) atoms. The molecule has 0 atom stereocenters. The van der Waals surface area contributed by atoms with Crippen molar-refractivity contribution in [1.82, 2.24) is 10.2 Å². The Bertz CT molecular complexity index is 977. The minimum atomic E-state index is -0.237. The zero-order chi connectivity index (χ0) is 23.2. The van der Waals surface area contributed by atoms with E-state index in [1.54, 1.807) is 48.5 Å². The predicted molar refractivity (Wildman–Crippen MR) is 129 cm³/mol. The second-order valence-corrected chi connectivity index (χ2v) is 9.38. The van der Waals surface area contributed by atoms with E-state index >= 15 is 0 Å². The van der Waals surface area contributed by atoms with E-state index < -0.39 is 0 Å². The van der Waals surface area contributed by atoms with Gasteiger partial charge in [-0.05, 0) is 74.2 Å². The average molecular weight is 468 g/mol. The van der Waals surface area contributed by atoms with Gasteiger partial charge >= 0.3 is 0 Å². The largest absolute Gasteiger partial charge is 0.353 e. The van der Waals surface area contributed by atoms with Crippen molar-refractivity contribution in [2.45, 2.75) is 51.0 Å². The van der Waals surface area contributed by atoms with Gasteiger partial charge in [0.2, 0.25) is 5.91 Å². The van der Waals surface area contributed by atoms with Crippen molar-refractivity contribution in [3.8, 4) is 0 Å². The lowest BCUT2D eigenvalue weighted by Gasteiger charge is -2.33. The zero-order valence-corrected chi connectivity index (χ0v) is 19.4. The molecule has 6 nitrogen and oxygen atoms in total. The normalized spacial score (nSPS) is 17.4. The Hall–Kier alpha value is -2.86. The molecule has 1 saturated heterocycles. The topological polar surface area (TPSA) is 78.5 Å². The van der Waals surface area contributed by atoms with Crippen LogP contribution in [0.1, 0.15) is 65.7 Å². The van der Waals surface area contributed by atoms with Crippen LogP contribution in [-0.2, 0) is 4.79 Å². The molecule has 3 amide bonds. The van der Waals surface area contributed by atoms with Gasteiger partial charge in [-0.25, -0.2) is 0 Å². The average Bonchev–Trinajstić information content (AvgIpc) is 2.85. The Labute approximate surface area is 199 Å². The fraction of sp³-hybridized carbons (Fsp3) is 0.423. The van der Waals surface area contributed by atoms with Gasteiger partial charge in [-0.2, -0.15) is 0 Å². The van der Waals surface area contributed by atoms with Crippen LogP contribution in [0.4, 0.5) is 5.69 Å². The first-order valence-electron chi connectivity index (χ1n) is 11.8. The number of hydrogen-bond acceptors (Lipinski definition) is 3. The minimum absolute atomic E-state index is 0.0126. The minimum Gasteiger partial charge on any atom is -0.353 e. The summed E-state index contributed by atoms with van der Waals surface area (Å²) in [6.45, 7) is 1.16. The van der Waals surface area contributed by atoms with Crippen LogP contribution in [0.25, 0.3) is 0 Å². The van der Waals surface area contributed by atoms with Gasteiger partial charge in [0.15, 0.2) is 0 Å². The van der Waals surface area contributed by atoms with Crippen LogP contribution in [0, 0.1) is 5.92 Å². The summed E-state index contributed by atoms with van der Waals surface area (Å²) in [5.74, 6) is -0.146. The van der Waals surface area contributed by atoms with Crippen molar-refractivity contribution in [3.05, 3.63) is 64.7 Å². The number of benzene rings is 2. The summed E-state index contributed by atoms with van der Waals surface area (Å²) in [5.41, 5.74) is 1.70. The van der Waals surface area contributed by atoms with Gasteiger partial charge in [0.1, 0.15) is 0 Å². The van der Waals surface area contributed by atoms with E-state index in [-0.39, 0.29) is 23.6 Å². The summed E-state index contributed by atoms with van der Waals surface area (Å²) >= 11 is 5.86. The van der Waals surface area contributed by atoms with Gasteiger partial charge < -0.3 is 15.5 Å². The molecule has 1 aliphatic heterocycles. The summed E-state index contributed by atoms with van der Waals surface area (Å²) in [6.07, 6.45) is 7.21. The molecular formula is C26H30ClN3O3. The van der Waals surface area contributed by atoms with E-state index in [1.165, 1.54) is 19.3 Å². The Morgan fingerprint density at radius 1 is 0.788 bits per heavy atom. The fourth-order valence-corrected chi connectivity index (χ4v) is 4.72. The molecule has 2 aromatic carbocycles. The number of piperidine rings is 1. The highest BCUT2D eigenvalue weighted by molar-refractivity contribution is 6.30. The quantitative estimate of drug-likeness (QED) is 0.656. The van der Waals surface area contributed by atoms with E-state index in [0.717, 1.165) is 12.8 Å². The molecule has 0 bridgehead atoms. The lowest BCUT2D eigenvalue weighted by Crippen LogP contribution is -2.45. The first kappa shape index (κ1) is 23.3. The van der Waals surface area contributed by atoms with E-state index in [9.17, 15) is 14.4 Å². The highest BCUT2D eigenvalue weighted by atomic mass is 35.5. The molecule has 4 rings (SSSR count). The number of carbonyl (C=O) groups is 3. The maximum Gasteiger partial charge on any atom is 0.255 e. The first-order chi connectivity index (χ1) is 16.0. The maximum absolute atomic E-state index is 12.9. The van der Waals surface area contributed by atoms with E-state index in [4.69, 9.17) is 11.6 Å². The van der Waals surface area contributed by atoms with Crippen LogP contribution in [-0.4, -0.2) is 41.8 Å². The van der Waals surface area contributed by atoms with Crippen LogP contribution in [0.5, 0.6) is 0 Å². The monoisotopic (exact) mass is 467 g/mol. The molecule has 2 aromatic rings. The second-order valence-electron chi connectivity index (χ2n) is 8.95. The van der Waals surface area contributed by atoms with Crippen LogP contribution in [0.3, 0.4) is 0 Å². The number of halogens is 1. The van der Waals surface area contributed by atoms with Crippen LogP contribution in [0.2, 0.25) is 5.02 Å². The number of rotatable bonds is 5. The third-order valence-electron chi connectivity index (χ3n) is 6.60. The molecule has 2 N–H and O–H groups in total. The van der Waals surface area contributed by atoms with Crippen molar-refractivity contribution in [2.24, 2.45) is 5.92 Å². The van der Waals surface area contributed by atoms with Crippen molar-refractivity contribution in [1.29, 1.82) is 0 Å². The molecule has 174 valence electrons. The number of carbonyl (C=O) groups excluding carboxylic acids is 3. The van der Waals surface area contributed by atoms with Crippen molar-refractivity contribution < 1.29 is 14.4 Å². The molecule has 0 aromatic heterocycles. The third kappa shape index (κ3) is 6.14. The summed E-state index contributed by atoms with van der Waals surface area (Å²) in [5, 5.41) is 6.61. The SMILES string of the molecule is O=C(Nc1ccc(C(=O)N2CCC(C(=O)NC3CCCCC3)CC2)cc1)c1ccc(Cl)cc1. The van der Waals surface area contributed by atoms with E-state index in [1.807, 2.05) is 4.90 Å². The van der Waals surface area contributed by atoms with E-state index in [0.29, 0.717) is 53.8 Å². The zero-order valence-electron chi connectivity index (χ0n) is 18.7. The summed E-state index contributed by atoms with van der Waals surface area (Å²) in [4.78, 5) is 39.7. The molecule has 2 aliphatic rings. The van der Waals surface area contributed by atoms with Gasteiger partial charge in [0.25, 0.3) is 11.8 Å². The Morgan fingerprint density at radius 2 is 1.39 bits per heavy atom. The summed E-state index contributed by atoms with van der Waals surface area (Å²) in [7, 11) is 0. The highest BCUT2D eigenvalue weighted by Crippen LogP contribution is 2.23. The van der Waals surface area contributed by atoms with Crippen molar-refractivity contribution >= 4 is 35.0 Å². The lowest BCUT2D eigenvalue weighted by atomic mass is 9.92. The third-order valence-corrected chi connectivity index (χ3v) is 6.85. The van der Waals surface area contributed by atoms with Crippen molar-refractivity contribution in [2.75, 3.05) is 18.4 Å². The molecule has 1 aliphatic carbocycles. The number of hydrogen-bond donors (Lipinski definition) is 2. The molecule has 1 saturated carbocycles. The van der Waals surface area contributed by atoms with E-state index in [2.05, 4.69) is 10.6 Å². The standard InChI is InChI=1S/C26H30ClN3O3/c27-21-10-6-18(7-11-21)24(31)29-23-12-8-20(9-13-23)26(33)30-16-14-19(15-17-30)25(32)28-22-4-2-1-3-5-22/h6-13,19,22H,1-5,14-17H2,(H,28,32)(H,29,31). The number of nitrogens with one attached hydrogen (secondary N) is 2. The van der Waals surface area contributed by atoms with Crippen LogP contribution < -0.4 is 10.6 Å². The molecule has 0 radical (unpaired) electrons. The smallest absolute Gasteiger partial charge is 0.255 e. The second kappa shape index (κ2) is 10.8. The Balaban J connectivity index is 1.26. The number of anilines is 1. The van der Waals surface area contributed by atoms with Gasteiger partial charge in [0, 0.05) is 46.9 Å². The summed E-state index contributed by atoms with van der Waals surface area (Å²) < 4.78 is 0. The molecule has 2 fully saturated rings. The molecular weight excluding hydrogens is 438 g/mol. The maximum atomic E-state index is 12.9. The Morgan fingerprint density at radius 3 is 2.03 bits per heavy atom. The van der Waals surface area contributed by atoms with Gasteiger partial charge in [-0.3, -0.25) is 14.4 Å². The predicted octanol–water partition coefficient (Wildman–Crippen LogP) is 4.89. The summed E-state index contributed by atoms with van der Waals surface area (Å²) in [6, 6.07) is 13.9. The Kier molecular flexibility index (Phi) is 7.65. The molecule has 0 unspecified atom stereocenters. The fourth-order valence-electron chi connectivity index (χ4n) is 4.59. The lowest BCUT2D eigenvalue weighted by molar-refractivity contribution is -0.127. The van der Waals surface area contributed by atoms with Gasteiger partial charge in [-0.15, -0.1) is 0 Å². The highest BCUT2D eigenvalue weighted by Gasteiger charge is 2.29. The molecule has 7 heteroatoms. The molecule has 1 heterocycles. The number of nitrogens with zero attached hydrogens (tertiary/aromatic N) is 1. The van der Waals surface area contributed by atoms with Crippen molar-refractivity contribution in [3.63, 3.8) is 0 Å². The number of likely N-dealkylation sites (tertiary alicyclic amines) is 1. The van der Waals surface area contributed by atoms with Gasteiger partial charge in [-0.1, -0.05) is 30.9 Å².